The summed E-state index contributed by atoms with van der Waals surface area (Å²) in [6, 6.07) is 11.6. The lowest BCUT2D eigenvalue weighted by atomic mass is 9.49. The van der Waals surface area contributed by atoms with Crippen LogP contribution >= 0.6 is 11.6 Å². The normalized spacial score (nSPS) is 28.4. The van der Waals surface area contributed by atoms with Crippen LogP contribution in [0.25, 0.3) is 0 Å². The van der Waals surface area contributed by atoms with Crippen molar-refractivity contribution >= 4 is 17.5 Å². The van der Waals surface area contributed by atoms with Crippen LogP contribution in [-0.4, -0.2) is 65.1 Å². The van der Waals surface area contributed by atoms with Crippen LogP contribution in [0.4, 0.5) is 0 Å². The second-order valence-electron chi connectivity index (χ2n) is 12.8. The maximum atomic E-state index is 13.6. The zero-order chi connectivity index (χ0) is 28.2. The van der Waals surface area contributed by atoms with Gasteiger partial charge in [0.2, 0.25) is 0 Å². The average Bonchev–Trinajstić information content (AvgIpc) is 3.21. The molecule has 0 unspecified atom stereocenters. The van der Waals surface area contributed by atoms with Crippen molar-refractivity contribution < 1.29 is 9.53 Å². The highest BCUT2D eigenvalue weighted by atomic mass is 35.5. The van der Waals surface area contributed by atoms with Gasteiger partial charge in [0.05, 0.1) is 28.4 Å². The number of ether oxygens (including phenoxy) is 1. The van der Waals surface area contributed by atoms with Gasteiger partial charge in [0.1, 0.15) is 23.6 Å². The topological polar surface area (TPSA) is 81.5 Å². The van der Waals surface area contributed by atoms with E-state index in [1.807, 2.05) is 17.0 Å². The number of nitriles is 1. The van der Waals surface area contributed by atoms with Crippen molar-refractivity contribution in [2.75, 3.05) is 26.2 Å². The monoisotopic (exact) mass is 557 g/mol. The van der Waals surface area contributed by atoms with Gasteiger partial charge >= 0.3 is 0 Å². The lowest BCUT2D eigenvalue weighted by Gasteiger charge is -2.65. The van der Waals surface area contributed by atoms with Crippen molar-refractivity contribution in [1.29, 1.82) is 5.26 Å². The molecule has 0 radical (unpaired) electrons. The largest absolute Gasteiger partial charge is 0.489 e. The molecule has 6 rings (SSSR count). The molecule has 40 heavy (non-hydrogen) atoms. The summed E-state index contributed by atoms with van der Waals surface area (Å²) in [5.41, 5.74) is 2.01. The molecule has 4 aliphatic rings. The van der Waals surface area contributed by atoms with Crippen LogP contribution in [0.5, 0.6) is 5.75 Å². The number of hydrogen-bond donors (Lipinski definition) is 1. The molecule has 1 saturated heterocycles. The molecule has 1 N–H and O–H groups in total. The summed E-state index contributed by atoms with van der Waals surface area (Å²) >= 11 is 6.25. The van der Waals surface area contributed by atoms with E-state index in [4.69, 9.17) is 21.3 Å². The Kier molecular flexibility index (Phi) is 6.82. The standard InChI is InChI=1S/C32H36ClN5O2/c1-31(2)29(32(3,4)30(31)40-24-9-6-21(18-34)26(33)17-24)38-19-27-25(28(38)39)10-8-22(36-27)7-5-20-15-23(16-20)37-13-11-35-12-14-37/h6,8-10,17,20,23,29-30,35H,11-16,19H2,1-4H3. The number of piperazine rings is 1. The van der Waals surface area contributed by atoms with E-state index in [-0.39, 0.29) is 28.9 Å². The van der Waals surface area contributed by atoms with E-state index in [0.717, 1.165) is 50.4 Å². The molecular weight excluding hydrogens is 522 g/mol. The van der Waals surface area contributed by atoms with Crippen LogP contribution in [0.3, 0.4) is 0 Å². The Morgan fingerprint density at radius 2 is 1.82 bits per heavy atom. The van der Waals surface area contributed by atoms with Crippen LogP contribution in [0.2, 0.25) is 5.02 Å². The van der Waals surface area contributed by atoms with Gasteiger partial charge in [-0.2, -0.15) is 5.26 Å². The number of carbonyl (C=O) groups excluding carboxylic acids is 1. The summed E-state index contributed by atoms with van der Waals surface area (Å²) in [6.07, 6.45) is 2.12. The number of nitrogens with zero attached hydrogens (tertiary/aromatic N) is 4. The Balaban J connectivity index is 1.12. The summed E-state index contributed by atoms with van der Waals surface area (Å²) in [5.74, 6) is 7.79. The van der Waals surface area contributed by atoms with E-state index in [2.05, 4.69) is 55.8 Å². The van der Waals surface area contributed by atoms with Crippen molar-refractivity contribution in [3.8, 4) is 23.7 Å². The second-order valence-corrected chi connectivity index (χ2v) is 13.2. The van der Waals surface area contributed by atoms with E-state index in [1.165, 1.54) is 0 Å². The van der Waals surface area contributed by atoms with Crippen LogP contribution in [0.1, 0.15) is 67.8 Å². The number of hydrogen-bond acceptors (Lipinski definition) is 6. The van der Waals surface area contributed by atoms with Crippen LogP contribution in [0, 0.1) is 39.9 Å². The molecule has 2 aromatic rings. The number of aromatic nitrogens is 1. The zero-order valence-electron chi connectivity index (χ0n) is 23.6. The lowest BCUT2D eigenvalue weighted by Crippen LogP contribution is -2.74. The first-order chi connectivity index (χ1) is 19.1. The summed E-state index contributed by atoms with van der Waals surface area (Å²) in [6.45, 7) is 13.5. The fraction of sp³-hybridized carbons (Fsp3) is 0.531. The quantitative estimate of drug-likeness (QED) is 0.558. The van der Waals surface area contributed by atoms with Crippen molar-refractivity contribution in [1.82, 2.24) is 20.1 Å². The fourth-order valence-electron chi connectivity index (χ4n) is 7.72. The highest BCUT2D eigenvalue weighted by molar-refractivity contribution is 6.31. The first-order valence-corrected chi connectivity index (χ1v) is 14.6. The molecule has 208 valence electrons. The second kappa shape index (κ2) is 10.1. The smallest absolute Gasteiger partial charge is 0.256 e. The number of fused-ring (bicyclic) bond motifs is 1. The van der Waals surface area contributed by atoms with Gasteiger partial charge in [-0.3, -0.25) is 9.69 Å². The van der Waals surface area contributed by atoms with Gasteiger partial charge in [-0.1, -0.05) is 45.2 Å². The van der Waals surface area contributed by atoms with Gasteiger partial charge in [0, 0.05) is 61.1 Å². The van der Waals surface area contributed by atoms with E-state index in [0.29, 0.717) is 40.4 Å². The highest BCUT2D eigenvalue weighted by Crippen LogP contribution is 2.59. The zero-order valence-corrected chi connectivity index (χ0v) is 24.4. The van der Waals surface area contributed by atoms with Gasteiger partial charge in [-0.05, 0) is 43.0 Å². The van der Waals surface area contributed by atoms with E-state index >= 15 is 0 Å². The number of rotatable bonds is 4. The van der Waals surface area contributed by atoms with Gasteiger partial charge in [0.15, 0.2) is 0 Å². The van der Waals surface area contributed by atoms with E-state index in [9.17, 15) is 10.1 Å². The number of benzene rings is 1. The maximum Gasteiger partial charge on any atom is 0.256 e. The highest BCUT2D eigenvalue weighted by Gasteiger charge is 2.67. The molecule has 1 aromatic carbocycles. The van der Waals surface area contributed by atoms with Gasteiger partial charge in [-0.15, -0.1) is 0 Å². The first kappa shape index (κ1) is 27.1. The number of halogens is 1. The summed E-state index contributed by atoms with van der Waals surface area (Å²) in [4.78, 5) is 22.9. The molecule has 8 heteroatoms. The molecule has 7 nitrogen and oxygen atoms in total. The van der Waals surface area contributed by atoms with Crippen molar-refractivity contribution in [2.45, 2.75) is 65.3 Å². The van der Waals surface area contributed by atoms with Crippen LogP contribution in [0.15, 0.2) is 30.3 Å². The van der Waals surface area contributed by atoms with Gasteiger partial charge < -0.3 is 15.0 Å². The van der Waals surface area contributed by atoms with Gasteiger partial charge in [0.25, 0.3) is 5.91 Å². The number of carbonyl (C=O) groups is 1. The Morgan fingerprint density at radius 3 is 2.50 bits per heavy atom. The fourth-order valence-corrected chi connectivity index (χ4v) is 7.93. The molecule has 2 aliphatic heterocycles. The third-order valence-electron chi connectivity index (χ3n) is 9.36. The number of amides is 1. The molecule has 0 spiro atoms. The van der Waals surface area contributed by atoms with Crippen molar-refractivity contribution in [3.63, 3.8) is 0 Å². The van der Waals surface area contributed by atoms with Crippen molar-refractivity contribution in [2.24, 2.45) is 16.7 Å². The van der Waals surface area contributed by atoms with Crippen LogP contribution in [-0.2, 0) is 6.54 Å². The third kappa shape index (κ3) is 4.55. The first-order valence-electron chi connectivity index (χ1n) is 14.2. The number of nitrogens with one attached hydrogen (secondary N) is 1. The summed E-state index contributed by atoms with van der Waals surface area (Å²) in [7, 11) is 0. The molecular formula is C32H36ClN5O2. The minimum atomic E-state index is -0.310. The Bertz CT molecular complexity index is 1420. The Morgan fingerprint density at radius 1 is 1.10 bits per heavy atom. The maximum absolute atomic E-state index is 13.6. The molecule has 2 saturated carbocycles. The predicted molar refractivity (Wildman–Crippen MR) is 154 cm³/mol. The molecule has 1 aromatic heterocycles. The summed E-state index contributed by atoms with van der Waals surface area (Å²) in [5, 5.41) is 13.0. The minimum Gasteiger partial charge on any atom is -0.489 e. The van der Waals surface area contributed by atoms with E-state index < -0.39 is 0 Å². The minimum absolute atomic E-state index is 0.0193. The molecule has 3 heterocycles. The Labute approximate surface area is 241 Å². The SMILES string of the molecule is CC1(C)C(Oc2ccc(C#N)c(Cl)c2)C(C)(C)C1N1Cc2nc(C#CC3CC(N4CCNCC4)C3)ccc2C1=O. The molecule has 0 bridgehead atoms. The van der Waals surface area contributed by atoms with Gasteiger partial charge in [-0.25, -0.2) is 4.98 Å². The van der Waals surface area contributed by atoms with Crippen LogP contribution < -0.4 is 10.1 Å². The predicted octanol–water partition coefficient (Wildman–Crippen LogP) is 4.48. The lowest BCUT2D eigenvalue weighted by molar-refractivity contribution is -0.199. The number of pyridine rings is 1. The van der Waals surface area contributed by atoms with Crippen molar-refractivity contribution in [3.05, 3.63) is 57.9 Å². The molecule has 2 aliphatic carbocycles. The Hall–Kier alpha value is -3.10. The molecule has 0 atom stereocenters. The average molecular weight is 558 g/mol. The summed E-state index contributed by atoms with van der Waals surface area (Å²) < 4.78 is 6.43. The molecule has 1 amide bonds. The van der Waals surface area contributed by atoms with E-state index in [1.54, 1.807) is 18.2 Å². The molecule has 3 fully saturated rings. The third-order valence-corrected chi connectivity index (χ3v) is 9.67.